The first-order valence-electron chi connectivity index (χ1n) is 8.46. The average Bonchev–Trinajstić information content (AvgIpc) is 2.53. The lowest BCUT2D eigenvalue weighted by Gasteiger charge is -2.37. The van der Waals surface area contributed by atoms with E-state index in [4.69, 9.17) is 4.74 Å². The molecule has 1 aliphatic heterocycles. The first-order valence-corrected chi connectivity index (χ1v) is 8.46. The summed E-state index contributed by atoms with van der Waals surface area (Å²) in [6.07, 6.45) is 0.975. The molecule has 1 saturated heterocycles. The van der Waals surface area contributed by atoms with Crippen LogP contribution in [0.3, 0.4) is 0 Å². The van der Waals surface area contributed by atoms with Gasteiger partial charge in [0, 0.05) is 26.2 Å². The van der Waals surface area contributed by atoms with Gasteiger partial charge < -0.3 is 19.9 Å². The lowest BCUT2D eigenvalue weighted by molar-refractivity contribution is -0.111. The summed E-state index contributed by atoms with van der Waals surface area (Å²) in [6, 6.07) is 5.95. The third-order valence-electron chi connectivity index (χ3n) is 3.87. The molecule has 1 aromatic carbocycles. The largest absolute Gasteiger partial charge is 0.444 e. The summed E-state index contributed by atoms with van der Waals surface area (Å²) in [7, 11) is 0. The third kappa shape index (κ3) is 5.24. The van der Waals surface area contributed by atoms with E-state index in [0.29, 0.717) is 26.2 Å². The van der Waals surface area contributed by atoms with E-state index in [0.717, 1.165) is 16.9 Å². The highest BCUT2D eigenvalue weighted by atomic mass is 16.6. The van der Waals surface area contributed by atoms with Gasteiger partial charge in [-0.15, -0.1) is 0 Å². The van der Waals surface area contributed by atoms with Crippen LogP contribution in [0.15, 0.2) is 30.9 Å². The molecule has 0 unspecified atom stereocenters. The van der Waals surface area contributed by atoms with E-state index in [-0.39, 0.29) is 12.0 Å². The van der Waals surface area contributed by atoms with E-state index in [9.17, 15) is 9.59 Å². The van der Waals surface area contributed by atoms with E-state index in [2.05, 4.69) is 16.8 Å². The van der Waals surface area contributed by atoms with Crippen LogP contribution in [0.5, 0.6) is 0 Å². The topological polar surface area (TPSA) is 61.9 Å². The van der Waals surface area contributed by atoms with Gasteiger partial charge in [-0.2, -0.15) is 0 Å². The Kier molecular flexibility index (Phi) is 5.72. The number of hydrogen-bond acceptors (Lipinski definition) is 4. The van der Waals surface area contributed by atoms with Gasteiger partial charge in [-0.1, -0.05) is 12.6 Å². The molecule has 1 aromatic rings. The summed E-state index contributed by atoms with van der Waals surface area (Å²) in [5.74, 6) is -0.237. The predicted octanol–water partition coefficient (Wildman–Crippen LogP) is 3.18. The van der Waals surface area contributed by atoms with Crippen molar-refractivity contribution in [2.24, 2.45) is 0 Å². The summed E-state index contributed by atoms with van der Waals surface area (Å²) in [5.41, 5.74) is 2.28. The van der Waals surface area contributed by atoms with Gasteiger partial charge in [0.2, 0.25) is 5.91 Å². The molecule has 0 atom stereocenters. The van der Waals surface area contributed by atoms with Gasteiger partial charge in [-0.3, -0.25) is 4.79 Å². The molecule has 6 nitrogen and oxygen atoms in total. The first-order chi connectivity index (χ1) is 11.7. The van der Waals surface area contributed by atoms with E-state index < -0.39 is 5.60 Å². The molecule has 6 heteroatoms. The Morgan fingerprint density at radius 3 is 2.40 bits per heavy atom. The molecule has 0 aromatic heterocycles. The molecule has 25 heavy (non-hydrogen) atoms. The summed E-state index contributed by atoms with van der Waals surface area (Å²) >= 11 is 0. The van der Waals surface area contributed by atoms with Crippen molar-refractivity contribution >= 4 is 23.4 Å². The number of hydrogen-bond donors (Lipinski definition) is 1. The molecule has 0 saturated carbocycles. The Bertz CT molecular complexity index is 656. The van der Waals surface area contributed by atoms with Crippen molar-refractivity contribution in [3.63, 3.8) is 0 Å². The quantitative estimate of drug-likeness (QED) is 0.855. The molecule has 1 heterocycles. The van der Waals surface area contributed by atoms with Crippen LogP contribution >= 0.6 is 0 Å². The van der Waals surface area contributed by atoms with Crippen LogP contribution in [0.2, 0.25) is 0 Å². The Labute approximate surface area is 149 Å². The Hall–Kier alpha value is -2.50. The van der Waals surface area contributed by atoms with E-state index >= 15 is 0 Å². The molecule has 136 valence electrons. The fourth-order valence-corrected chi connectivity index (χ4v) is 2.67. The third-order valence-corrected chi connectivity index (χ3v) is 3.87. The predicted molar refractivity (Wildman–Crippen MR) is 100 cm³/mol. The fourth-order valence-electron chi connectivity index (χ4n) is 2.67. The van der Waals surface area contributed by atoms with E-state index in [1.165, 1.54) is 6.08 Å². The van der Waals surface area contributed by atoms with Crippen LogP contribution in [-0.2, 0) is 9.53 Å². The van der Waals surface area contributed by atoms with Gasteiger partial charge in [0.15, 0.2) is 0 Å². The minimum Gasteiger partial charge on any atom is -0.444 e. The SMILES string of the molecule is C=CC(=O)Nc1cc(C)ccc1N1CCN(C(=O)OC(C)(C)C)CC1. The smallest absolute Gasteiger partial charge is 0.410 e. The van der Waals surface area contributed by atoms with Crippen LogP contribution in [0.1, 0.15) is 26.3 Å². The number of carbonyl (C=O) groups excluding carboxylic acids is 2. The molecular formula is C19H27N3O3. The van der Waals surface area contributed by atoms with Crippen LogP contribution in [0.25, 0.3) is 0 Å². The summed E-state index contributed by atoms with van der Waals surface area (Å²) in [5, 5.41) is 2.86. The summed E-state index contributed by atoms with van der Waals surface area (Å²) in [4.78, 5) is 27.7. The number of piperazine rings is 1. The minimum atomic E-state index is -0.493. The average molecular weight is 345 g/mol. The number of anilines is 2. The molecule has 1 fully saturated rings. The van der Waals surface area contributed by atoms with Gasteiger partial charge in [0.05, 0.1) is 11.4 Å². The zero-order chi connectivity index (χ0) is 18.6. The standard InChI is InChI=1S/C19H27N3O3/c1-6-17(23)20-15-13-14(2)7-8-16(15)21-9-11-22(12-10-21)18(24)25-19(3,4)5/h6-8,13H,1,9-12H2,2-5H3,(H,20,23). The number of nitrogens with zero attached hydrogens (tertiary/aromatic N) is 2. The van der Waals surface area contributed by atoms with E-state index in [1.807, 2.05) is 45.9 Å². The summed E-state index contributed by atoms with van der Waals surface area (Å²) < 4.78 is 5.43. The number of carbonyl (C=O) groups is 2. The number of rotatable bonds is 3. The van der Waals surface area contributed by atoms with Crippen LogP contribution in [0.4, 0.5) is 16.2 Å². The van der Waals surface area contributed by atoms with Crippen LogP contribution < -0.4 is 10.2 Å². The Balaban J connectivity index is 2.06. The van der Waals surface area contributed by atoms with E-state index in [1.54, 1.807) is 4.90 Å². The second-order valence-electron chi connectivity index (χ2n) is 7.17. The maximum Gasteiger partial charge on any atom is 0.410 e. The molecular weight excluding hydrogens is 318 g/mol. The van der Waals surface area contributed by atoms with Crippen molar-refractivity contribution in [3.05, 3.63) is 36.4 Å². The molecule has 2 rings (SSSR count). The molecule has 1 N–H and O–H groups in total. The normalized spacial score (nSPS) is 14.9. The van der Waals surface area contributed by atoms with Gasteiger partial charge in [0.25, 0.3) is 0 Å². The molecule has 0 spiro atoms. The van der Waals surface area contributed by atoms with Gasteiger partial charge in [0.1, 0.15) is 5.60 Å². The van der Waals surface area contributed by atoms with Crippen molar-refractivity contribution in [3.8, 4) is 0 Å². The van der Waals surface area contributed by atoms with Crippen molar-refractivity contribution < 1.29 is 14.3 Å². The second-order valence-corrected chi connectivity index (χ2v) is 7.17. The minimum absolute atomic E-state index is 0.237. The van der Waals surface area contributed by atoms with Gasteiger partial charge >= 0.3 is 6.09 Å². The molecule has 2 amide bonds. The monoisotopic (exact) mass is 345 g/mol. The van der Waals surface area contributed by atoms with Crippen LogP contribution in [-0.4, -0.2) is 48.7 Å². The highest BCUT2D eigenvalue weighted by Gasteiger charge is 2.26. The van der Waals surface area contributed by atoms with Crippen molar-refractivity contribution in [2.75, 3.05) is 36.4 Å². The highest BCUT2D eigenvalue weighted by molar-refractivity contribution is 6.01. The lowest BCUT2D eigenvalue weighted by Crippen LogP contribution is -2.50. The number of aryl methyl sites for hydroxylation is 1. The second kappa shape index (κ2) is 7.59. The number of ether oxygens (including phenoxy) is 1. The zero-order valence-electron chi connectivity index (χ0n) is 15.5. The summed E-state index contributed by atoms with van der Waals surface area (Å²) in [6.45, 7) is 13.6. The maximum atomic E-state index is 12.2. The fraction of sp³-hybridized carbons (Fsp3) is 0.474. The van der Waals surface area contributed by atoms with Gasteiger partial charge in [-0.25, -0.2) is 4.79 Å². The van der Waals surface area contributed by atoms with Crippen molar-refractivity contribution in [1.82, 2.24) is 4.90 Å². The first kappa shape index (κ1) is 18.8. The number of nitrogens with one attached hydrogen (secondary N) is 1. The molecule has 0 bridgehead atoms. The molecule has 0 radical (unpaired) electrons. The Morgan fingerprint density at radius 1 is 1.20 bits per heavy atom. The highest BCUT2D eigenvalue weighted by Crippen LogP contribution is 2.28. The Morgan fingerprint density at radius 2 is 1.84 bits per heavy atom. The lowest BCUT2D eigenvalue weighted by atomic mass is 10.1. The zero-order valence-corrected chi connectivity index (χ0v) is 15.5. The van der Waals surface area contributed by atoms with Crippen molar-refractivity contribution in [2.45, 2.75) is 33.3 Å². The number of benzene rings is 1. The van der Waals surface area contributed by atoms with Crippen LogP contribution in [0, 0.1) is 6.92 Å². The molecule has 1 aliphatic rings. The van der Waals surface area contributed by atoms with Gasteiger partial charge in [-0.05, 0) is 51.5 Å². The maximum absolute atomic E-state index is 12.2. The molecule has 0 aliphatic carbocycles. The van der Waals surface area contributed by atoms with Crippen molar-refractivity contribution in [1.29, 1.82) is 0 Å². The number of amides is 2.